The average Bonchev–Trinajstić information content (AvgIpc) is 2.67. The summed E-state index contributed by atoms with van der Waals surface area (Å²) in [6.45, 7) is 0.999. The van der Waals surface area contributed by atoms with Gasteiger partial charge in [-0.3, -0.25) is 9.59 Å². The summed E-state index contributed by atoms with van der Waals surface area (Å²) in [6, 6.07) is 8.94. The molecule has 0 spiro atoms. The molecule has 1 aliphatic heterocycles. The molecule has 2 aromatic rings. The van der Waals surface area contributed by atoms with Crippen molar-refractivity contribution < 1.29 is 9.59 Å². The van der Waals surface area contributed by atoms with E-state index in [4.69, 9.17) is 11.5 Å². The van der Waals surface area contributed by atoms with E-state index < -0.39 is 0 Å². The van der Waals surface area contributed by atoms with Crippen LogP contribution in [0.5, 0.6) is 0 Å². The summed E-state index contributed by atoms with van der Waals surface area (Å²) >= 11 is 1.41. The Morgan fingerprint density at radius 1 is 1.27 bits per heavy atom. The fourth-order valence-electron chi connectivity index (χ4n) is 3.07. The Balaban J connectivity index is 1.86. The summed E-state index contributed by atoms with van der Waals surface area (Å²) in [5.74, 6) is -0.347. The number of likely N-dealkylation sites (tertiary alicyclic amines) is 1. The highest BCUT2D eigenvalue weighted by Crippen LogP contribution is 2.24. The fraction of sp³-hybridized carbons (Fsp3) is 0.333. The molecular formula is C18H21N5O2S. The van der Waals surface area contributed by atoms with Crippen molar-refractivity contribution in [1.82, 2.24) is 14.9 Å². The van der Waals surface area contributed by atoms with Crippen LogP contribution in [0.15, 0.2) is 35.5 Å². The van der Waals surface area contributed by atoms with Gasteiger partial charge in [0.2, 0.25) is 5.91 Å². The number of thioether (sulfide) groups is 1. The largest absolute Gasteiger partial charge is 0.384 e. The standard InChI is InChI=1S/C18H21N5O2S/c1-26-18-21-14(9-15(19)22-18)11-4-2-5-12(8-11)17(25)23-7-3-6-13(10-23)16(20)24/h2,4-5,8-9,13H,3,6-7,10H2,1H3,(H2,20,24)(H2,19,21,22)/t13-/m0/s1. The summed E-state index contributed by atoms with van der Waals surface area (Å²) < 4.78 is 0. The number of benzene rings is 1. The normalized spacial score (nSPS) is 17.1. The highest BCUT2D eigenvalue weighted by molar-refractivity contribution is 7.98. The second kappa shape index (κ2) is 7.74. The first kappa shape index (κ1) is 18.2. The number of piperidine rings is 1. The molecule has 0 unspecified atom stereocenters. The first-order valence-electron chi connectivity index (χ1n) is 8.35. The Morgan fingerprint density at radius 2 is 2.08 bits per heavy atom. The molecule has 1 fully saturated rings. The molecule has 1 atom stereocenters. The maximum absolute atomic E-state index is 12.9. The van der Waals surface area contributed by atoms with Crippen LogP contribution in [0.2, 0.25) is 0 Å². The van der Waals surface area contributed by atoms with E-state index in [0.29, 0.717) is 35.3 Å². The van der Waals surface area contributed by atoms with Gasteiger partial charge in [-0.05, 0) is 31.2 Å². The van der Waals surface area contributed by atoms with Crippen molar-refractivity contribution in [2.45, 2.75) is 18.0 Å². The van der Waals surface area contributed by atoms with Gasteiger partial charge in [0, 0.05) is 30.3 Å². The van der Waals surface area contributed by atoms with Crippen molar-refractivity contribution in [3.05, 3.63) is 35.9 Å². The van der Waals surface area contributed by atoms with E-state index in [-0.39, 0.29) is 17.7 Å². The van der Waals surface area contributed by atoms with Crippen LogP contribution in [0.1, 0.15) is 23.2 Å². The van der Waals surface area contributed by atoms with Gasteiger partial charge in [-0.25, -0.2) is 9.97 Å². The summed E-state index contributed by atoms with van der Waals surface area (Å²) in [4.78, 5) is 34.6. The number of hydrogen-bond acceptors (Lipinski definition) is 6. The van der Waals surface area contributed by atoms with Gasteiger partial charge < -0.3 is 16.4 Å². The SMILES string of the molecule is CSc1nc(N)cc(-c2cccc(C(=O)N3CCC[C@H](C(N)=O)C3)c2)n1. The van der Waals surface area contributed by atoms with Crippen LogP contribution in [0, 0.1) is 5.92 Å². The van der Waals surface area contributed by atoms with E-state index in [1.54, 1.807) is 23.1 Å². The quantitative estimate of drug-likeness (QED) is 0.625. The Kier molecular flexibility index (Phi) is 5.41. The van der Waals surface area contributed by atoms with Gasteiger partial charge in [-0.1, -0.05) is 23.9 Å². The van der Waals surface area contributed by atoms with Gasteiger partial charge in [-0.15, -0.1) is 0 Å². The van der Waals surface area contributed by atoms with Crippen LogP contribution in [0.4, 0.5) is 5.82 Å². The highest BCUT2D eigenvalue weighted by atomic mass is 32.2. The Bertz CT molecular complexity index is 842. The van der Waals surface area contributed by atoms with Crippen molar-refractivity contribution in [3.8, 4) is 11.3 Å². The van der Waals surface area contributed by atoms with Crippen LogP contribution < -0.4 is 11.5 Å². The van der Waals surface area contributed by atoms with E-state index in [2.05, 4.69) is 9.97 Å². The van der Waals surface area contributed by atoms with Crippen molar-refractivity contribution >= 4 is 29.4 Å². The number of primary amides is 1. The first-order valence-corrected chi connectivity index (χ1v) is 9.58. The van der Waals surface area contributed by atoms with Crippen molar-refractivity contribution in [3.63, 3.8) is 0 Å². The molecule has 7 nitrogen and oxygen atoms in total. The lowest BCUT2D eigenvalue weighted by Gasteiger charge is -2.31. The molecule has 0 radical (unpaired) electrons. The Labute approximate surface area is 156 Å². The van der Waals surface area contributed by atoms with Crippen LogP contribution >= 0.6 is 11.8 Å². The second-order valence-electron chi connectivity index (χ2n) is 6.24. The third-order valence-corrected chi connectivity index (χ3v) is 4.97. The predicted octanol–water partition coefficient (Wildman–Crippen LogP) is 1.79. The maximum atomic E-state index is 12.9. The maximum Gasteiger partial charge on any atom is 0.253 e. The zero-order chi connectivity index (χ0) is 18.7. The van der Waals surface area contributed by atoms with Gasteiger partial charge in [0.05, 0.1) is 11.6 Å². The average molecular weight is 371 g/mol. The molecule has 4 N–H and O–H groups in total. The lowest BCUT2D eigenvalue weighted by molar-refractivity contribution is -0.123. The van der Waals surface area contributed by atoms with Crippen molar-refractivity contribution in [2.75, 3.05) is 25.1 Å². The number of hydrogen-bond donors (Lipinski definition) is 2. The topological polar surface area (TPSA) is 115 Å². The number of aromatic nitrogens is 2. The summed E-state index contributed by atoms with van der Waals surface area (Å²) in [6.07, 6.45) is 3.39. The summed E-state index contributed by atoms with van der Waals surface area (Å²) in [7, 11) is 0. The number of rotatable bonds is 4. The van der Waals surface area contributed by atoms with E-state index in [1.807, 2.05) is 18.4 Å². The summed E-state index contributed by atoms with van der Waals surface area (Å²) in [5.41, 5.74) is 13.3. The molecule has 1 aliphatic rings. The van der Waals surface area contributed by atoms with Gasteiger partial charge >= 0.3 is 0 Å². The van der Waals surface area contributed by atoms with Crippen LogP contribution in [0.3, 0.4) is 0 Å². The van der Waals surface area contributed by atoms with E-state index >= 15 is 0 Å². The van der Waals surface area contributed by atoms with Crippen LogP contribution in [-0.2, 0) is 4.79 Å². The molecule has 3 rings (SSSR count). The highest BCUT2D eigenvalue weighted by Gasteiger charge is 2.27. The number of nitrogens with two attached hydrogens (primary N) is 2. The zero-order valence-corrected chi connectivity index (χ0v) is 15.3. The van der Waals surface area contributed by atoms with E-state index in [0.717, 1.165) is 18.4 Å². The van der Waals surface area contributed by atoms with Gasteiger partial charge in [0.25, 0.3) is 5.91 Å². The number of carbonyl (C=O) groups excluding carboxylic acids is 2. The molecule has 1 saturated heterocycles. The smallest absolute Gasteiger partial charge is 0.253 e. The zero-order valence-electron chi connectivity index (χ0n) is 14.5. The number of nitrogens with zero attached hydrogens (tertiary/aromatic N) is 3. The van der Waals surface area contributed by atoms with E-state index in [1.165, 1.54) is 11.8 Å². The molecule has 0 saturated carbocycles. The predicted molar refractivity (Wildman–Crippen MR) is 101 cm³/mol. The minimum Gasteiger partial charge on any atom is -0.384 e. The van der Waals surface area contributed by atoms with Gasteiger partial charge in [-0.2, -0.15) is 0 Å². The molecule has 0 bridgehead atoms. The number of anilines is 1. The molecule has 2 amide bonds. The van der Waals surface area contributed by atoms with Gasteiger partial charge in [0.15, 0.2) is 5.16 Å². The van der Waals surface area contributed by atoms with Gasteiger partial charge in [0.1, 0.15) is 5.82 Å². The molecule has 2 heterocycles. The van der Waals surface area contributed by atoms with Crippen molar-refractivity contribution in [2.24, 2.45) is 11.7 Å². The van der Waals surface area contributed by atoms with Crippen LogP contribution in [-0.4, -0.2) is 46.0 Å². The molecule has 0 aliphatic carbocycles. The molecule has 1 aromatic heterocycles. The molecule has 26 heavy (non-hydrogen) atoms. The second-order valence-corrected chi connectivity index (χ2v) is 7.01. The monoisotopic (exact) mass is 371 g/mol. The first-order chi connectivity index (χ1) is 12.5. The lowest BCUT2D eigenvalue weighted by Crippen LogP contribution is -2.44. The minimum absolute atomic E-state index is 0.107. The molecule has 8 heteroatoms. The third-order valence-electron chi connectivity index (χ3n) is 4.42. The Hall–Kier alpha value is -2.61. The minimum atomic E-state index is -0.350. The molecule has 136 valence electrons. The number of nitrogen functional groups attached to an aromatic ring is 1. The molecule has 1 aromatic carbocycles. The fourth-order valence-corrected chi connectivity index (χ4v) is 3.46. The molecular weight excluding hydrogens is 350 g/mol. The third kappa shape index (κ3) is 3.96. The number of amides is 2. The Morgan fingerprint density at radius 3 is 2.81 bits per heavy atom. The van der Waals surface area contributed by atoms with Crippen molar-refractivity contribution in [1.29, 1.82) is 0 Å². The van der Waals surface area contributed by atoms with Crippen LogP contribution in [0.25, 0.3) is 11.3 Å². The number of carbonyl (C=O) groups is 2. The van der Waals surface area contributed by atoms with E-state index in [9.17, 15) is 9.59 Å². The lowest BCUT2D eigenvalue weighted by atomic mass is 9.96. The summed E-state index contributed by atoms with van der Waals surface area (Å²) in [5, 5.41) is 0.581.